The van der Waals surface area contributed by atoms with Crippen molar-refractivity contribution in [2.75, 3.05) is 7.05 Å². The fraction of sp³-hybridized carbons (Fsp3) is 0.467. The number of carbonyl (C=O) groups excluding carboxylic acids is 1. The first-order chi connectivity index (χ1) is 8.98. The maximum atomic E-state index is 12.4. The van der Waals surface area contributed by atoms with E-state index in [1.54, 1.807) is 11.9 Å². The van der Waals surface area contributed by atoms with Crippen LogP contribution in [0.3, 0.4) is 0 Å². The molecule has 19 heavy (non-hydrogen) atoms. The van der Waals surface area contributed by atoms with Crippen molar-refractivity contribution in [1.29, 1.82) is 5.26 Å². The summed E-state index contributed by atoms with van der Waals surface area (Å²) < 4.78 is 1.01. The molecule has 1 amide bonds. The molecule has 0 unspecified atom stereocenters. The van der Waals surface area contributed by atoms with E-state index in [-0.39, 0.29) is 5.91 Å². The van der Waals surface area contributed by atoms with Crippen molar-refractivity contribution < 1.29 is 4.79 Å². The highest BCUT2D eigenvalue weighted by molar-refractivity contribution is 9.10. The van der Waals surface area contributed by atoms with Gasteiger partial charge in [0, 0.05) is 18.1 Å². The maximum absolute atomic E-state index is 12.4. The van der Waals surface area contributed by atoms with Gasteiger partial charge in [0.2, 0.25) is 5.91 Å². The molecule has 0 atom stereocenters. The van der Waals surface area contributed by atoms with Gasteiger partial charge in [-0.1, -0.05) is 22.0 Å². The molecule has 1 fully saturated rings. The molecule has 0 spiro atoms. The van der Waals surface area contributed by atoms with Crippen molar-refractivity contribution >= 4 is 21.8 Å². The predicted octanol–water partition coefficient (Wildman–Crippen LogP) is 3.41. The second kappa shape index (κ2) is 5.34. The number of carbonyl (C=O) groups is 1. The normalized spacial score (nSPS) is 16.3. The molecule has 3 nitrogen and oxygen atoms in total. The molecular formula is C15H17BrN2O. The lowest BCUT2D eigenvalue weighted by atomic mass is 9.69. The summed E-state index contributed by atoms with van der Waals surface area (Å²) in [5, 5.41) is 9.22. The van der Waals surface area contributed by atoms with E-state index in [9.17, 15) is 10.1 Å². The molecule has 0 N–H and O–H groups in total. The number of hydrogen-bond acceptors (Lipinski definition) is 2. The summed E-state index contributed by atoms with van der Waals surface area (Å²) in [4.78, 5) is 14.0. The predicted molar refractivity (Wildman–Crippen MR) is 77.3 cm³/mol. The second-order valence-corrected chi connectivity index (χ2v) is 6.20. The Morgan fingerprint density at radius 2 is 2.21 bits per heavy atom. The van der Waals surface area contributed by atoms with Gasteiger partial charge in [0.25, 0.3) is 0 Å². The SMILES string of the molecule is Cc1ccc(Br)cc1CN(C)C(=O)C1(C#N)CCC1. The molecule has 4 heteroatoms. The zero-order valence-corrected chi connectivity index (χ0v) is 12.8. The lowest BCUT2D eigenvalue weighted by Crippen LogP contribution is -2.45. The van der Waals surface area contributed by atoms with Crippen LogP contribution in [0, 0.1) is 23.7 Å². The minimum Gasteiger partial charge on any atom is -0.340 e. The third-order valence-corrected chi connectivity index (χ3v) is 4.39. The Bertz CT molecular complexity index is 544. The highest BCUT2D eigenvalue weighted by Crippen LogP contribution is 2.41. The standard InChI is InChI=1S/C15H17BrN2O/c1-11-4-5-13(16)8-12(11)9-18(2)14(19)15(10-17)6-3-7-15/h4-5,8H,3,6-7,9H2,1-2H3. The molecule has 0 aliphatic heterocycles. The first-order valence-electron chi connectivity index (χ1n) is 6.40. The lowest BCUT2D eigenvalue weighted by Gasteiger charge is -2.36. The van der Waals surface area contributed by atoms with Crippen LogP contribution in [0.15, 0.2) is 22.7 Å². The van der Waals surface area contributed by atoms with Crippen molar-refractivity contribution in [3.05, 3.63) is 33.8 Å². The molecule has 0 radical (unpaired) electrons. The molecule has 0 heterocycles. The van der Waals surface area contributed by atoms with Gasteiger partial charge in [-0.15, -0.1) is 0 Å². The summed E-state index contributed by atoms with van der Waals surface area (Å²) in [6.45, 7) is 2.58. The largest absolute Gasteiger partial charge is 0.340 e. The van der Waals surface area contributed by atoms with Gasteiger partial charge in [-0.3, -0.25) is 4.79 Å². The summed E-state index contributed by atoms with van der Waals surface area (Å²) in [5.41, 5.74) is 1.51. The first-order valence-corrected chi connectivity index (χ1v) is 7.20. The highest BCUT2D eigenvalue weighted by Gasteiger charge is 2.46. The number of hydrogen-bond donors (Lipinski definition) is 0. The summed E-state index contributed by atoms with van der Waals surface area (Å²) in [7, 11) is 1.78. The molecule has 1 aliphatic rings. The average Bonchev–Trinajstić information content (AvgIpc) is 2.33. The summed E-state index contributed by atoms with van der Waals surface area (Å²) in [5.74, 6) is -0.0411. The molecule has 1 aliphatic carbocycles. The van der Waals surface area contributed by atoms with E-state index in [0.717, 1.165) is 22.0 Å². The summed E-state index contributed by atoms with van der Waals surface area (Å²) >= 11 is 3.45. The molecule has 0 aromatic heterocycles. The fourth-order valence-electron chi connectivity index (χ4n) is 2.41. The Morgan fingerprint density at radius 3 is 2.74 bits per heavy atom. The van der Waals surface area contributed by atoms with Crippen LogP contribution in [0.2, 0.25) is 0 Å². The van der Waals surface area contributed by atoms with E-state index >= 15 is 0 Å². The number of rotatable bonds is 3. The molecular weight excluding hydrogens is 304 g/mol. The Kier molecular flexibility index (Phi) is 3.96. The molecule has 0 bridgehead atoms. The van der Waals surface area contributed by atoms with E-state index < -0.39 is 5.41 Å². The van der Waals surface area contributed by atoms with Gasteiger partial charge in [-0.2, -0.15) is 5.26 Å². The molecule has 0 saturated heterocycles. The van der Waals surface area contributed by atoms with Crippen molar-refractivity contribution in [2.45, 2.75) is 32.7 Å². The molecule has 1 saturated carbocycles. The van der Waals surface area contributed by atoms with Crippen LogP contribution in [0.1, 0.15) is 30.4 Å². The Morgan fingerprint density at radius 1 is 1.53 bits per heavy atom. The minimum absolute atomic E-state index is 0.0411. The first kappa shape index (κ1) is 14.1. The molecule has 1 aromatic carbocycles. The smallest absolute Gasteiger partial charge is 0.243 e. The van der Waals surface area contributed by atoms with Crippen molar-refractivity contribution in [2.24, 2.45) is 5.41 Å². The Labute approximate surface area is 122 Å². The number of nitriles is 1. The maximum Gasteiger partial charge on any atom is 0.243 e. The number of halogens is 1. The van der Waals surface area contributed by atoms with Gasteiger partial charge in [0.05, 0.1) is 6.07 Å². The van der Waals surface area contributed by atoms with Gasteiger partial charge in [0.1, 0.15) is 5.41 Å². The summed E-state index contributed by atoms with van der Waals surface area (Å²) in [6.07, 6.45) is 2.37. The average molecular weight is 321 g/mol. The molecule has 1 aromatic rings. The van der Waals surface area contributed by atoms with E-state index in [1.165, 1.54) is 0 Å². The Balaban J connectivity index is 2.13. The number of aryl methyl sites for hydroxylation is 1. The van der Waals surface area contributed by atoms with Gasteiger partial charge >= 0.3 is 0 Å². The molecule has 100 valence electrons. The number of nitrogens with zero attached hydrogens (tertiary/aromatic N) is 2. The number of benzene rings is 1. The zero-order valence-electron chi connectivity index (χ0n) is 11.2. The van der Waals surface area contributed by atoms with Crippen LogP contribution in [0.4, 0.5) is 0 Å². The van der Waals surface area contributed by atoms with Gasteiger partial charge in [-0.25, -0.2) is 0 Å². The van der Waals surface area contributed by atoms with Crippen LogP contribution in [-0.2, 0) is 11.3 Å². The van der Waals surface area contributed by atoms with Gasteiger partial charge in [-0.05, 0) is 49.4 Å². The Hall–Kier alpha value is -1.34. The third-order valence-electron chi connectivity index (χ3n) is 3.90. The minimum atomic E-state index is -0.755. The van der Waals surface area contributed by atoms with Crippen molar-refractivity contribution in [3.63, 3.8) is 0 Å². The van der Waals surface area contributed by atoms with Gasteiger partial charge in [0.15, 0.2) is 0 Å². The number of amides is 1. The van der Waals surface area contributed by atoms with Crippen molar-refractivity contribution in [1.82, 2.24) is 4.90 Å². The van der Waals surface area contributed by atoms with Crippen LogP contribution in [-0.4, -0.2) is 17.9 Å². The van der Waals surface area contributed by atoms with Crippen molar-refractivity contribution in [3.8, 4) is 6.07 Å². The van der Waals surface area contributed by atoms with E-state index in [2.05, 4.69) is 22.0 Å². The second-order valence-electron chi connectivity index (χ2n) is 5.28. The van der Waals surface area contributed by atoms with Crippen LogP contribution in [0.5, 0.6) is 0 Å². The highest BCUT2D eigenvalue weighted by atomic mass is 79.9. The van der Waals surface area contributed by atoms with E-state index in [4.69, 9.17) is 0 Å². The quantitative estimate of drug-likeness (QED) is 0.856. The topological polar surface area (TPSA) is 44.1 Å². The van der Waals surface area contributed by atoms with Crippen LogP contribution in [0.25, 0.3) is 0 Å². The molecule has 2 rings (SSSR count). The summed E-state index contributed by atoms with van der Waals surface area (Å²) in [6, 6.07) is 8.25. The third kappa shape index (κ3) is 2.66. The monoisotopic (exact) mass is 320 g/mol. The van der Waals surface area contributed by atoms with Crippen LogP contribution >= 0.6 is 15.9 Å². The van der Waals surface area contributed by atoms with Crippen LogP contribution < -0.4 is 0 Å². The lowest BCUT2D eigenvalue weighted by molar-refractivity contribution is -0.142. The fourth-order valence-corrected chi connectivity index (χ4v) is 2.82. The van der Waals surface area contributed by atoms with Gasteiger partial charge < -0.3 is 4.90 Å². The zero-order chi connectivity index (χ0) is 14.0. The van der Waals surface area contributed by atoms with E-state index in [0.29, 0.717) is 19.4 Å². The van der Waals surface area contributed by atoms with E-state index in [1.807, 2.05) is 25.1 Å².